The first-order chi connectivity index (χ1) is 24.5. The normalized spacial score (nSPS) is 12.6. The number of benzene rings is 6. The Morgan fingerprint density at radius 2 is 0.700 bits per heavy atom. The van der Waals surface area contributed by atoms with Gasteiger partial charge in [0.25, 0.3) is 0 Å². The maximum atomic E-state index is 15.9. The van der Waals surface area contributed by atoms with Gasteiger partial charge in [0.15, 0.2) is 0 Å². The zero-order chi connectivity index (χ0) is 32.8. The topological polar surface area (TPSA) is 0 Å². The molecule has 8 heteroatoms. The molecule has 6 heterocycles. The molecule has 0 aliphatic rings. The highest BCUT2D eigenvalue weighted by Gasteiger charge is 2.21. The van der Waals surface area contributed by atoms with E-state index in [0.717, 1.165) is 61.2 Å². The fourth-order valence-electron chi connectivity index (χ4n) is 7.37. The van der Waals surface area contributed by atoms with E-state index in [1.807, 2.05) is 71.2 Å². The van der Waals surface area contributed by atoms with Crippen molar-refractivity contribution in [2.75, 3.05) is 0 Å². The highest BCUT2D eigenvalue weighted by Crippen LogP contribution is 2.50. The minimum absolute atomic E-state index is 0.122. The summed E-state index contributed by atoms with van der Waals surface area (Å²) in [4.78, 5) is 3.39. The first-order valence-electron chi connectivity index (χ1n) is 16.0. The zero-order valence-corrected chi connectivity index (χ0v) is 30.5. The van der Waals surface area contributed by atoms with Crippen LogP contribution >= 0.6 is 68.0 Å². The van der Waals surface area contributed by atoms with E-state index in [1.54, 1.807) is 45.3 Å². The van der Waals surface area contributed by atoms with Crippen LogP contribution in [-0.2, 0) is 0 Å². The summed E-state index contributed by atoms with van der Waals surface area (Å²) in [7, 11) is 0. The molecule has 12 rings (SSSR count). The predicted octanol–water partition coefficient (Wildman–Crippen LogP) is 16.0. The minimum atomic E-state index is -0.122. The molecular formula is C42H18F2S6. The van der Waals surface area contributed by atoms with Crippen LogP contribution in [0.5, 0.6) is 0 Å². The number of halogens is 2. The van der Waals surface area contributed by atoms with Crippen molar-refractivity contribution < 1.29 is 8.78 Å². The zero-order valence-electron chi connectivity index (χ0n) is 25.6. The highest BCUT2D eigenvalue weighted by molar-refractivity contribution is 7.37. The number of hydrogen-bond acceptors (Lipinski definition) is 6. The molecule has 0 bridgehead atoms. The van der Waals surface area contributed by atoms with Crippen molar-refractivity contribution >= 4 is 159 Å². The van der Waals surface area contributed by atoms with Gasteiger partial charge >= 0.3 is 0 Å². The van der Waals surface area contributed by atoms with Gasteiger partial charge in [-0.2, -0.15) is 0 Å². The predicted molar refractivity (Wildman–Crippen MR) is 222 cm³/mol. The fourth-order valence-corrected chi connectivity index (χ4v) is 14.8. The molecule has 0 radical (unpaired) electrons. The van der Waals surface area contributed by atoms with Crippen LogP contribution in [0.25, 0.3) is 111 Å². The molecule has 0 atom stereocenters. The van der Waals surface area contributed by atoms with Crippen LogP contribution in [0.1, 0.15) is 0 Å². The average molecular weight is 753 g/mol. The second-order valence-electron chi connectivity index (χ2n) is 12.7. The lowest BCUT2D eigenvalue weighted by atomic mass is 10.1. The Morgan fingerprint density at radius 3 is 1.14 bits per heavy atom. The standard InChI is InChI=1S/C42H18F2S6/c43-37-25-9-19-5-1-3-7-21(19)13-31(25)49-41(37)35-15-23-11-27-33(17-29(23)45-35)47-40-28-12-24-16-36(46-30(24)18-34(28)48-39(27)40)42-38(44)26-10-20-6-2-4-8-22(20)14-32(26)50-42/h1-18H. The SMILES string of the molecule is Fc1c(-c2cc3cc4c(cc3s2)sc2c3cc5cc(-c6sc7cc8ccccc8cc7c6F)sc5cc3sc42)sc2cc3ccccc3cc12. The molecule has 0 nitrogen and oxygen atoms in total. The molecule has 12 aromatic rings. The van der Waals surface area contributed by atoms with Gasteiger partial charge in [0.1, 0.15) is 11.6 Å². The van der Waals surface area contributed by atoms with Crippen LogP contribution in [0.15, 0.2) is 109 Å². The Bertz CT molecular complexity index is 3190. The van der Waals surface area contributed by atoms with E-state index in [2.05, 4.69) is 60.7 Å². The molecule has 0 amide bonds. The molecule has 50 heavy (non-hydrogen) atoms. The Balaban J connectivity index is 0.964. The van der Waals surface area contributed by atoms with Crippen LogP contribution < -0.4 is 0 Å². The molecule has 0 saturated carbocycles. The summed E-state index contributed by atoms with van der Waals surface area (Å²) in [6.07, 6.45) is 0. The molecule has 0 unspecified atom stereocenters. The molecule has 6 aromatic carbocycles. The van der Waals surface area contributed by atoms with Crippen LogP contribution in [0.3, 0.4) is 0 Å². The number of fused-ring (bicyclic) bond motifs is 11. The molecule has 0 aliphatic carbocycles. The first-order valence-corrected chi connectivity index (χ1v) is 20.9. The Hall–Kier alpha value is -4.28. The average Bonchev–Trinajstić information content (AvgIpc) is 3.97. The van der Waals surface area contributed by atoms with Crippen LogP contribution in [-0.4, -0.2) is 0 Å². The summed E-state index contributed by atoms with van der Waals surface area (Å²) in [6.45, 7) is 0. The number of hydrogen-bond donors (Lipinski definition) is 0. The van der Waals surface area contributed by atoms with Gasteiger partial charge in [-0.15, -0.1) is 68.0 Å². The second-order valence-corrected chi connectivity index (χ2v) is 19.1. The molecular weight excluding hydrogens is 735 g/mol. The van der Waals surface area contributed by atoms with Crippen molar-refractivity contribution in [1.29, 1.82) is 0 Å². The van der Waals surface area contributed by atoms with E-state index < -0.39 is 0 Å². The van der Waals surface area contributed by atoms with Crippen LogP contribution in [0, 0.1) is 11.6 Å². The van der Waals surface area contributed by atoms with Gasteiger partial charge in [-0.1, -0.05) is 48.5 Å². The van der Waals surface area contributed by atoms with E-state index >= 15 is 8.78 Å². The molecule has 0 fully saturated rings. The van der Waals surface area contributed by atoms with Gasteiger partial charge < -0.3 is 0 Å². The van der Waals surface area contributed by atoms with Gasteiger partial charge in [-0.05, 0) is 93.0 Å². The van der Waals surface area contributed by atoms with Gasteiger partial charge in [0.2, 0.25) is 0 Å². The smallest absolute Gasteiger partial charge is 0.150 e. The van der Waals surface area contributed by atoms with Crippen molar-refractivity contribution in [2.24, 2.45) is 0 Å². The number of rotatable bonds is 2. The lowest BCUT2D eigenvalue weighted by molar-refractivity contribution is 0.647. The van der Waals surface area contributed by atoms with Gasteiger partial charge in [0.05, 0.1) is 19.2 Å². The van der Waals surface area contributed by atoms with Crippen molar-refractivity contribution in [3.63, 3.8) is 0 Å². The largest absolute Gasteiger partial charge is 0.205 e. The van der Waals surface area contributed by atoms with Crippen molar-refractivity contribution in [3.8, 4) is 19.5 Å². The van der Waals surface area contributed by atoms with Crippen LogP contribution in [0.2, 0.25) is 0 Å². The van der Waals surface area contributed by atoms with Gasteiger partial charge in [0, 0.05) is 59.5 Å². The van der Waals surface area contributed by atoms with E-state index in [1.165, 1.54) is 39.0 Å². The van der Waals surface area contributed by atoms with E-state index in [0.29, 0.717) is 10.8 Å². The summed E-state index contributed by atoms with van der Waals surface area (Å²) in [5.41, 5.74) is 0. The third kappa shape index (κ3) is 3.97. The molecule has 236 valence electrons. The fraction of sp³-hybridized carbons (Fsp3) is 0. The van der Waals surface area contributed by atoms with Crippen LogP contribution in [0.4, 0.5) is 8.78 Å². The summed E-state index contributed by atoms with van der Waals surface area (Å²) in [5, 5.41) is 10.6. The summed E-state index contributed by atoms with van der Waals surface area (Å²) >= 11 is 10.1. The summed E-state index contributed by atoms with van der Waals surface area (Å²) < 4.78 is 41.1. The lowest BCUT2D eigenvalue weighted by Gasteiger charge is -1.97. The molecule has 0 N–H and O–H groups in total. The van der Waals surface area contributed by atoms with E-state index in [9.17, 15) is 0 Å². The van der Waals surface area contributed by atoms with Crippen molar-refractivity contribution in [3.05, 3.63) is 121 Å². The molecule has 0 saturated heterocycles. The quantitative estimate of drug-likeness (QED) is 0.165. The van der Waals surface area contributed by atoms with E-state index in [-0.39, 0.29) is 11.6 Å². The Kier molecular flexibility index (Phi) is 5.78. The number of thiophene rings is 6. The first kappa shape index (κ1) is 28.4. The van der Waals surface area contributed by atoms with Gasteiger partial charge in [-0.25, -0.2) is 8.78 Å². The molecule has 0 aliphatic heterocycles. The minimum Gasteiger partial charge on any atom is -0.205 e. The summed E-state index contributed by atoms with van der Waals surface area (Å²) in [5.74, 6) is -0.245. The van der Waals surface area contributed by atoms with Gasteiger partial charge in [-0.3, -0.25) is 0 Å². The Morgan fingerprint density at radius 1 is 0.320 bits per heavy atom. The summed E-state index contributed by atoms with van der Waals surface area (Å²) in [6, 6.07) is 38.0. The Labute approximate surface area is 306 Å². The third-order valence-electron chi connectivity index (χ3n) is 9.80. The second kappa shape index (κ2) is 10.2. The maximum absolute atomic E-state index is 15.9. The van der Waals surface area contributed by atoms with Crippen molar-refractivity contribution in [2.45, 2.75) is 0 Å². The maximum Gasteiger partial charge on any atom is 0.150 e. The monoisotopic (exact) mass is 752 g/mol. The van der Waals surface area contributed by atoms with Crippen molar-refractivity contribution in [1.82, 2.24) is 0 Å². The third-order valence-corrected chi connectivity index (χ3v) is 17.1. The molecule has 0 spiro atoms. The van der Waals surface area contributed by atoms with E-state index in [4.69, 9.17) is 0 Å². The lowest BCUT2D eigenvalue weighted by Crippen LogP contribution is -1.75. The highest BCUT2D eigenvalue weighted by atomic mass is 32.1. The molecule has 6 aromatic heterocycles.